The minimum absolute atomic E-state index is 0. The van der Waals surface area contributed by atoms with E-state index in [4.69, 9.17) is 11.6 Å². The number of thiazole rings is 1. The van der Waals surface area contributed by atoms with Crippen LogP contribution in [-0.2, 0) is 39.4 Å². The molecule has 2 atom stereocenters. The average molecular weight is 540 g/mol. The van der Waals surface area contributed by atoms with E-state index in [1.54, 1.807) is 0 Å². The molecule has 19 heteroatoms. The first kappa shape index (κ1) is 28.7. The summed E-state index contributed by atoms with van der Waals surface area (Å²) in [5.41, 5.74) is -0.534. The summed E-state index contributed by atoms with van der Waals surface area (Å²) >= 11 is 6.30. The summed E-state index contributed by atoms with van der Waals surface area (Å²) in [6, 6.07) is -3.26. The third-order valence-electron chi connectivity index (χ3n) is 3.68. The second-order valence-electron chi connectivity index (χ2n) is 6.04. The van der Waals surface area contributed by atoms with Crippen LogP contribution in [0.25, 0.3) is 0 Å². The van der Waals surface area contributed by atoms with Crippen molar-refractivity contribution in [2.45, 2.75) is 12.1 Å². The molecule has 0 aromatic carbocycles. The van der Waals surface area contributed by atoms with Crippen molar-refractivity contribution in [3.05, 3.63) is 11.1 Å². The molecule has 0 bridgehead atoms. The number of hydrogen-bond acceptors (Lipinski definition) is 12. The van der Waals surface area contributed by atoms with Crippen LogP contribution < -0.4 is 40.2 Å². The summed E-state index contributed by atoms with van der Waals surface area (Å²) < 4.78 is 56.8. The van der Waals surface area contributed by atoms with Crippen LogP contribution in [0, 0.1) is 0 Å². The van der Waals surface area contributed by atoms with E-state index in [1.165, 1.54) is 5.38 Å². The molecule has 2 rings (SSSR count). The van der Waals surface area contributed by atoms with Gasteiger partial charge in [0.25, 0.3) is 11.8 Å². The van der Waals surface area contributed by atoms with E-state index in [9.17, 15) is 35.8 Å². The Balaban J connectivity index is 0.00000512. The van der Waals surface area contributed by atoms with Crippen LogP contribution in [0.15, 0.2) is 10.5 Å². The number of alkyl halides is 1. The number of nitrogens with zero attached hydrogens (tertiary/aromatic N) is 3. The number of carbonyl (C=O) groups is 3. The fourth-order valence-electron chi connectivity index (χ4n) is 2.52. The number of halogens is 1. The van der Waals surface area contributed by atoms with E-state index in [0.29, 0.717) is 0 Å². The largest absolute Gasteiger partial charge is 1.00 e. The number of amides is 3. The van der Waals surface area contributed by atoms with Crippen molar-refractivity contribution in [1.82, 2.24) is 14.6 Å². The van der Waals surface area contributed by atoms with Crippen LogP contribution in [0.3, 0.4) is 0 Å². The van der Waals surface area contributed by atoms with Crippen LogP contribution >= 0.6 is 22.9 Å². The molecule has 0 saturated carbocycles. The molecule has 0 aliphatic carbocycles. The van der Waals surface area contributed by atoms with Gasteiger partial charge in [-0.25, -0.2) is 26.1 Å². The van der Waals surface area contributed by atoms with Gasteiger partial charge in [-0.15, -0.1) is 22.9 Å². The van der Waals surface area contributed by atoms with Gasteiger partial charge >= 0.3 is 29.6 Å². The number of sulfone groups is 1. The van der Waals surface area contributed by atoms with Crippen LogP contribution in [0.5, 0.6) is 0 Å². The van der Waals surface area contributed by atoms with E-state index < -0.39 is 61.4 Å². The Morgan fingerprint density at radius 1 is 1.38 bits per heavy atom. The predicted octanol–water partition coefficient (Wildman–Crippen LogP) is -5.12. The summed E-state index contributed by atoms with van der Waals surface area (Å²) in [6.07, 6.45) is 0.772. The molecular weight excluding hydrogens is 525 g/mol. The van der Waals surface area contributed by atoms with E-state index in [-0.39, 0.29) is 50.6 Å². The van der Waals surface area contributed by atoms with Crippen molar-refractivity contribution in [2.24, 2.45) is 5.16 Å². The van der Waals surface area contributed by atoms with Gasteiger partial charge in [0.15, 0.2) is 21.1 Å². The zero-order valence-corrected chi connectivity index (χ0v) is 22.0. The monoisotopic (exact) mass is 539 g/mol. The van der Waals surface area contributed by atoms with Crippen molar-refractivity contribution < 1.29 is 70.2 Å². The number of aromatic nitrogens is 1. The van der Waals surface area contributed by atoms with E-state index in [1.807, 2.05) is 0 Å². The number of β-lactam (4-membered cyclic amide) rings is 1. The molecule has 1 aromatic heterocycles. The fourth-order valence-corrected chi connectivity index (χ4v) is 5.22. The molecule has 14 nitrogen and oxygen atoms in total. The molecule has 172 valence electrons. The smallest absolute Gasteiger partial charge is 0.731 e. The molecule has 0 spiro atoms. The third-order valence-corrected chi connectivity index (χ3v) is 6.56. The average Bonchev–Trinajstić information content (AvgIpc) is 3.09. The Labute approximate surface area is 213 Å². The minimum atomic E-state index is -5.30. The zero-order chi connectivity index (χ0) is 23.6. The molecule has 0 radical (unpaired) electrons. The number of carbonyl (C=O) groups excluding carboxylic acids is 3. The molecule has 3 amide bonds. The maximum absolute atomic E-state index is 12.6. The Bertz CT molecular complexity index is 1140. The van der Waals surface area contributed by atoms with Gasteiger partial charge in [-0.05, 0) is 0 Å². The fraction of sp³-hybridized carbons (Fsp3) is 0.462. The summed E-state index contributed by atoms with van der Waals surface area (Å²) in [5, 5.41) is 9.39. The van der Waals surface area contributed by atoms with Crippen LogP contribution in [0.1, 0.15) is 5.69 Å². The van der Waals surface area contributed by atoms with Crippen molar-refractivity contribution >= 4 is 71.6 Å². The number of oxime groups is 1. The molecule has 2 N–H and O–H groups in total. The Morgan fingerprint density at radius 3 is 2.50 bits per heavy atom. The molecule has 1 saturated heterocycles. The standard InChI is InChI=1S/C13H16ClN5O9S3.Na/c1-28-18-9(6-4-29-13(15-6)16-8(20)3-14)11(21)17-10-7(5-30(2,23)24)19(12(10)22)31(25,26)27;/h4,7,10H,3,5H2,1-2H3,(H,17,21)(H,15,16,20)(H,25,26,27);/q;+1/p-1/t7-,10+;/m0./s1. The zero-order valence-electron chi connectivity index (χ0n) is 16.8. The van der Waals surface area contributed by atoms with Crippen LogP contribution in [0.4, 0.5) is 5.13 Å². The molecule has 1 aromatic rings. The summed E-state index contributed by atoms with van der Waals surface area (Å²) in [4.78, 5) is 44.6. The van der Waals surface area contributed by atoms with Gasteiger partial charge in [0.1, 0.15) is 34.6 Å². The minimum Gasteiger partial charge on any atom is -0.731 e. The van der Waals surface area contributed by atoms with Crippen molar-refractivity contribution in [1.29, 1.82) is 0 Å². The van der Waals surface area contributed by atoms with Gasteiger partial charge < -0.3 is 20.0 Å². The number of nitrogens with one attached hydrogen (secondary N) is 2. The number of rotatable bonds is 9. The van der Waals surface area contributed by atoms with Gasteiger partial charge in [-0.3, -0.25) is 14.4 Å². The molecule has 32 heavy (non-hydrogen) atoms. The first-order valence-corrected chi connectivity index (χ1v) is 12.8. The topological polar surface area (TPSA) is 204 Å². The maximum atomic E-state index is 12.6. The molecule has 1 aliphatic heterocycles. The first-order valence-electron chi connectivity index (χ1n) is 7.99. The molecule has 0 unspecified atom stereocenters. The summed E-state index contributed by atoms with van der Waals surface area (Å²) in [6.45, 7) is 0. The number of anilines is 1. The summed E-state index contributed by atoms with van der Waals surface area (Å²) in [5.74, 6) is -4.14. The van der Waals surface area contributed by atoms with Crippen molar-refractivity contribution in [3.63, 3.8) is 0 Å². The van der Waals surface area contributed by atoms with Crippen molar-refractivity contribution in [2.75, 3.05) is 30.3 Å². The quantitative estimate of drug-likeness (QED) is 0.0762. The molecule has 2 heterocycles. The Hall–Kier alpha value is -1.34. The first-order chi connectivity index (χ1) is 14.3. The van der Waals surface area contributed by atoms with Gasteiger partial charge in [0.05, 0.1) is 11.8 Å². The second kappa shape index (κ2) is 11.2. The van der Waals surface area contributed by atoms with Crippen molar-refractivity contribution in [3.8, 4) is 0 Å². The Kier molecular flexibility index (Phi) is 10.0. The predicted molar refractivity (Wildman–Crippen MR) is 107 cm³/mol. The Morgan fingerprint density at radius 2 is 2.00 bits per heavy atom. The SMILES string of the molecule is CON=C(C(=O)N[C@H]1C(=O)N(S(=O)(=O)[O-])[C@H]1CS(C)(=O)=O)c1csc(NC(=O)CCl)n1.[Na+]. The third kappa shape index (κ3) is 7.08. The normalized spacial score (nSPS) is 18.9. The maximum Gasteiger partial charge on any atom is 1.00 e. The van der Waals surface area contributed by atoms with Gasteiger partial charge in [-0.1, -0.05) is 5.16 Å². The molecular formula is C13H15ClN5NaO9S3. The molecule has 1 fully saturated rings. The van der Waals surface area contributed by atoms with Gasteiger partial charge in [0.2, 0.25) is 5.91 Å². The van der Waals surface area contributed by atoms with Crippen LogP contribution in [-0.4, -0.2) is 91.2 Å². The van der Waals surface area contributed by atoms with Crippen LogP contribution in [0.2, 0.25) is 0 Å². The number of hydrogen-bond donors (Lipinski definition) is 2. The second-order valence-corrected chi connectivity index (χ2v) is 10.6. The van der Waals surface area contributed by atoms with Gasteiger partial charge in [0, 0.05) is 11.6 Å². The summed E-state index contributed by atoms with van der Waals surface area (Å²) in [7, 11) is -8.01. The van der Waals surface area contributed by atoms with E-state index in [2.05, 4.69) is 25.6 Å². The van der Waals surface area contributed by atoms with E-state index >= 15 is 0 Å². The van der Waals surface area contributed by atoms with Gasteiger partial charge in [-0.2, -0.15) is 0 Å². The van der Waals surface area contributed by atoms with E-state index in [0.717, 1.165) is 24.7 Å². The molecule has 1 aliphatic rings.